The molecule has 1 saturated heterocycles. The first-order chi connectivity index (χ1) is 15.9. The number of phenols is 1. The number of hydrogen-bond donors (Lipinski definition) is 2. The van der Waals surface area contributed by atoms with Gasteiger partial charge in [-0.05, 0) is 37.1 Å². The molecule has 0 bridgehead atoms. The van der Waals surface area contributed by atoms with E-state index in [0.29, 0.717) is 30.7 Å². The van der Waals surface area contributed by atoms with Crippen molar-refractivity contribution in [2.45, 2.75) is 58.7 Å². The van der Waals surface area contributed by atoms with E-state index in [1.54, 1.807) is 21.5 Å². The van der Waals surface area contributed by atoms with Crippen LogP contribution in [0.5, 0.6) is 5.75 Å². The van der Waals surface area contributed by atoms with Gasteiger partial charge < -0.3 is 10.0 Å². The van der Waals surface area contributed by atoms with Crippen LogP contribution in [0.3, 0.4) is 0 Å². The molecule has 1 amide bonds. The quantitative estimate of drug-likeness (QED) is 0.639. The van der Waals surface area contributed by atoms with Crippen molar-refractivity contribution in [3.8, 4) is 5.75 Å². The molecule has 5 rings (SSSR count). The minimum atomic E-state index is -0.113. The average molecular weight is 450 g/mol. The molecule has 0 radical (unpaired) electrons. The molecule has 2 aromatic heterocycles. The van der Waals surface area contributed by atoms with Crippen molar-refractivity contribution < 1.29 is 9.90 Å². The molecule has 2 aliphatic heterocycles. The van der Waals surface area contributed by atoms with E-state index in [2.05, 4.69) is 10.00 Å². The molecule has 0 spiro atoms. The van der Waals surface area contributed by atoms with Crippen LogP contribution in [0.15, 0.2) is 35.1 Å². The number of hydrogen-bond acceptors (Lipinski definition) is 5. The Bertz CT molecular complexity index is 1240. The van der Waals surface area contributed by atoms with Gasteiger partial charge >= 0.3 is 0 Å². The van der Waals surface area contributed by atoms with Gasteiger partial charge in [0, 0.05) is 31.5 Å². The third kappa shape index (κ3) is 4.15. The lowest BCUT2D eigenvalue weighted by molar-refractivity contribution is -0.135. The Labute approximate surface area is 192 Å². The van der Waals surface area contributed by atoms with Gasteiger partial charge in [-0.1, -0.05) is 32.4 Å². The molecule has 2 aliphatic rings. The SMILES string of the molecule is CC(C)C(=O)N1CCc2nc3cc([C@H]4CCCCN4Cc4cccc(O)c4)[nH]n3c(=O)c2C1. The number of fused-ring (bicyclic) bond motifs is 2. The lowest BCUT2D eigenvalue weighted by Gasteiger charge is -2.35. The fourth-order valence-electron chi connectivity index (χ4n) is 5.15. The minimum Gasteiger partial charge on any atom is -0.508 e. The standard InChI is InChI=1S/C25H31N5O3/c1-16(2)24(32)29-11-9-20-19(15-29)25(33)30-23(26-20)13-21(27-30)22-8-3-4-10-28(22)14-17-6-5-7-18(31)12-17/h5-7,12-13,16,22,27,31H,3-4,8-11,14-15H2,1-2H3/t22-/m1/s1. The topological polar surface area (TPSA) is 93.9 Å². The van der Waals surface area contributed by atoms with Crippen LogP contribution < -0.4 is 5.56 Å². The molecular weight excluding hydrogens is 418 g/mol. The first kappa shape index (κ1) is 21.7. The maximum atomic E-state index is 13.3. The summed E-state index contributed by atoms with van der Waals surface area (Å²) in [6, 6.07) is 9.54. The third-order valence-corrected chi connectivity index (χ3v) is 6.86. The molecule has 2 N–H and O–H groups in total. The molecule has 0 aliphatic carbocycles. The predicted molar refractivity (Wildman–Crippen MR) is 125 cm³/mol. The number of likely N-dealkylation sites (tertiary alicyclic amines) is 1. The summed E-state index contributed by atoms with van der Waals surface area (Å²) < 4.78 is 1.54. The number of aromatic nitrogens is 3. The monoisotopic (exact) mass is 449 g/mol. The molecule has 8 nitrogen and oxygen atoms in total. The van der Waals surface area contributed by atoms with Crippen LogP contribution in [0.25, 0.3) is 5.65 Å². The Morgan fingerprint density at radius 2 is 2.09 bits per heavy atom. The number of amides is 1. The second-order valence-electron chi connectivity index (χ2n) is 9.56. The molecule has 4 heterocycles. The first-order valence-corrected chi connectivity index (χ1v) is 11.8. The van der Waals surface area contributed by atoms with Gasteiger partial charge in [-0.25, -0.2) is 9.50 Å². The lowest BCUT2D eigenvalue weighted by Crippen LogP contribution is -2.41. The Morgan fingerprint density at radius 3 is 2.88 bits per heavy atom. The molecule has 0 unspecified atom stereocenters. The van der Waals surface area contributed by atoms with Crippen LogP contribution in [0.4, 0.5) is 0 Å². The van der Waals surface area contributed by atoms with Crippen molar-refractivity contribution in [2.24, 2.45) is 5.92 Å². The van der Waals surface area contributed by atoms with E-state index < -0.39 is 0 Å². The van der Waals surface area contributed by atoms with E-state index >= 15 is 0 Å². The summed E-state index contributed by atoms with van der Waals surface area (Å²) in [5, 5.41) is 13.2. The number of phenolic OH excluding ortho intramolecular Hbond substituents is 1. The van der Waals surface area contributed by atoms with E-state index in [9.17, 15) is 14.7 Å². The molecule has 1 fully saturated rings. The predicted octanol–water partition coefficient (Wildman–Crippen LogP) is 3.00. The molecule has 3 aromatic rings. The molecule has 174 valence electrons. The van der Waals surface area contributed by atoms with Crippen LogP contribution >= 0.6 is 0 Å². The zero-order valence-corrected chi connectivity index (χ0v) is 19.3. The summed E-state index contributed by atoms with van der Waals surface area (Å²) in [5.41, 5.74) is 3.99. The fourth-order valence-corrected chi connectivity index (χ4v) is 5.15. The van der Waals surface area contributed by atoms with E-state index in [1.807, 2.05) is 32.0 Å². The summed E-state index contributed by atoms with van der Waals surface area (Å²) in [6.07, 6.45) is 3.85. The van der Waals surface area contributed by atoms with Crippen LogP contribution in [0.1, 0.15) is 61.7 Å². The largest absolute Gasteiger partial charge is 0.508 e. The van der Waals surface area contributed by atoms with Gasteiger partial charge in [0.25, 0.3) is 5.56 Å². The van der Waals surface area contributed by atoms with Crippen LogP contribution in [0.2, 0.25) is 0 Å². The van der Waals surface area contributed by atoms with Crippen molar-refractivity contribution in [3.63, 3.8) is 0 Å². The molecule has 1 aromatic carbocycles. The van der Waals surface area contributed by atoms with E-state index in [0.717, 1.165) is 49.3 Å². The number of aromatic hydroxyl groups is 1. The Kier molecular flexibility index (Phi) is 5.70. The Morgan fingerprint density at radius 1 is 1.24 bits per heavy atom. The maximum absolute atomic E-state index is 13.3. The molecule has 8 heteroatoms. The molecule has 0 saturated carbocycles. The van der Waals surface area contributed by atoms with E-state index in [-0.39, 0.29) is 29.2 Å². The number of carbonyl (C=O) groups is 1. The van der Waals surface area contributed by atoms with Gasteiger partial charge in [-0.2, -0.15) is 0 Å². The van der Waals surface area contributed by atoms with Crippen molar-refractivity contribution in [1.29, 1.82) is 0 Å². The molecule has 1 atom stereocenters. The zero-order valence-electron chi connectivity index (χ0n) is 19.3. The van der Waals surface area contributed by atoms with Gasteiger partial charge in [0.05, 0.1) is 29.5 Å². The van der Waals surface area contributed by atoms with Crippen LogP contribution in [-0.4, -0.2) is 48.5 Å². The number of rotatable bonds is 4. The van der Waals surface area contributed by atoms with Gasteiger partial charge in [-0.3, -0.25) is 19.6 Å². The number of H-pyrrole nitrogens is 1. The van der Waals surface area contributed by atoms with Crippen molar-refractivity contribution in [1.82, 2.24) is 24.4 Å². The fraction of sp³-hybridized carbons (Fsp3) is 0.480. The van der Waals surface area contributed by atoms with E-state index in [1.165, 1.54) is 0 Å². The smallest absolute Gasteiger partial charge is 0.277 e. The first-order valence-electron chi connectivity index (χ1n) is 11.8. The minimum absolute atomic E-state index is 0.0714. The number of benzene rings is 1. The van der Waals surface area contributed by atoms with Crippen molar-refractivity contribution >= 4 is 11.6 Å². The summed E-state index contributed by atoms with van der Waals surface area (Å²) in [5.74, 6) is 0.256. The Balaban J connectivity index is 1.46. The zero-order chi connectivity index (χ0) is 23.1. The summed E-state index contributed by atoms with van der Waals surface area (Å²) in [6.45, 7) is 6.39. The third-order valence-electron chi connectivity index (χ3n) is 6.86. The maximum Gasteiger partial charge on any atom is 0.277 e. The number of nitrogens with one attached hydrogen (secondary N) is 1. The van der Waals surface area contributed by atoms with Gasteiger partial charge in [-0.15, -0.1) is 0 Å². The van der Waals surface area contributed by atoms with Crippen molar-refractivity contribution in [3.05, 3.63) is 63.2 Å². The van der Waals surface area contributed by atoms with Crippen LogP contribution in [-0.2, 0) is 24.3 Å². The summed E-state index contributed by atoms with van der Waals surface area (Å²) in [4.78, 5) is 34.8. The Hall–Kier alpha value is -3.13. The lowest BCUT2D eigenvalue weighted by atomic mass is 9.98. The highest BCUT2D eigenvalue weighted by Gasteiger charge is 2.29. The van der Waals surface area contributed by atoms with E-state index in [4.69, 9.17) is 4.98 Å². The highest BCUT2D eigenvalue weighted by Crippen LogP contribution is 2.32. The average Bonchev–Trinajstić information content (AvgIpc) is 3.23. The second-order valence-corrected chi connectivity index (χ2v) is 9.56. The van der Waals surface area contributed by atoms with Crippen LogP contribution in [0, 0.1) is 5.92 Å². The highest BCUT2D eigenvalue weighted by molar-refractivity contribution is 5.78. The summed E-state index contributed by atoms with van der Waals surface area (Å²) >= 11 is 0. The molecular formula is C25H31N5O3. The highest BCUT2D eigenvalue weighted by atomic mass is 16.3. The number of piperidine rings is 1. The normalized spacial score (nSPS) is 19.2. The number of carbonyl (C=O) groups excluding carboxylic acids is 1. The van der Waals surface area contributed by atoms with Crippen molar-refractivity contribution in [2.75, 3.05) is 13.1 Å². The van der Waals surface area contributed by atoms with Gasteiger partial charge in [0.15, 0.2) is 5.65 Å². The number of aromatic amines is 1. The molecule has 33 heavy (non-hydrogen) atoms. The number of nitrogens with zero attached hydrogens (tertiary/aromatic N) is 4. The summed E-state index contributed by atoms with van der Waals surface area (Å²) in [7, 11) is 0. The van der Waals surface area contributed by atoms with Gasteiger partial charge in [0.1, 0.15) is 5.75 Å². The van der Waals surface area contributed by atoms with Gasteiger partial charge in [0.2, 0.25) is 5.91 Å². The second kappa shape index (κ2) is 8.67.